The number of aromatic nitrogens is 1. The molecule has 0 saturated carbocycles. The van der Waals surface area contributed by atoms with Crippen molar-refractivity contribution in [3.8, 4) is 11.5 Å². The monoisotopic (exact) mass is 342 g/mol. The Hall–Kier alpha value is -2.13. The molecule has 0 atom stereocenters. The third-order valence-corrected chi connectivity index (χ3v) is 4.86. The third-order valence-electron chi connectivity index (χ3n) is 2.74. The van der Waals surface area contributed by atoms with Crippen LogP contribution in [0.5, 0.6) is 11.5 Å². The summed E-state index contributed by atoms with van der Waals surface area (Å²) in [5.41, 5.74) is 0.0490. The molecule has 0 aliphatic heterocycles. The zero-order valence-electron chi connectivity index (χ0n) is 12.1. The number of aryl methyl sites for hydroxylation is 1. The van der Waals surface area contributed by atoms with Crippen LogP contribution in [-0.4, -0.2) is 33.5 Å². The van der Waals surface area contributed by atoms with E-state index in [9.17, 15) is 13.2 Å². The molecule has 0 saturated heterocycles. The van der Waals surface area contributed by atoms with E-state index in [4.69, 9.17) is 9.47 Å². The zero-order chi connectivity index (χ0) is 16.3. The van der Waals surface area contributed by atoms with Gasteiger partial charge in [0.2, 0.25) is 0 Å². The maximum Gasteiger partial charge on any atom is 0.284 e. The molecule has 0 spiro atoms. The number of methoxy groups -OCH3 is 2. The lowest BCUT2D eigenvalue weighted by molar-refractivity contribution is 0.0977. The SMILES string of the molecule is COc1ccc(OC)c(S(=O)(=O)NC(=O)c2csc(C)n2)c1. The number of amides is 1. The van der Waals surface area contributed by atoms with Crippen molar-refractivity contribution in [3.05, 3.63) is 34.3 Å². The van der Waals surface area contributed by atoms with Crippen LogP contribution in [-0.2, 0) is 10.0 Å². The van der Waals surface area contributed by atoms with Gasteiger partial charge >= 0.3 is 0 Å². The number of nitrogens with one attached hydrogen (secondary N) is 1. The van der Waals surface area contributed by atoms with E-state index in [1.807, 2.05) is 4.72 Å². The molecule has 2 aromatic rings. The number of ether oxygens (including phenoxy) is 2. The van der Waals surface area contributed by atoms with E-state index in [0.717, 1.165) is 0 Å². The lowest BCUT2D eigenvalue weighted by Crippen LogP contribution is -2.31. The molecule has 0 unspecified atom stereocenters. The maximum absolute atomic E-state index is 12.4. The number of benzene rings is 1. The largest absolute Gasteiger partial charge is 0.497 e. The van der Waals surface area contributed by atoms with Crippen LogP contribution < -0.4 is 14.2 Å². The summed E-state index contributed by atoms with van der Waals surface area (Å²) in [5, 5.41) is 2.16. The number of hydrogen-bond acceptors (Lipinski definition) is 7. The van der Waals surface area contributed by atoms with Gasteiger partial charge in [0.25, 0.3) is 15.9 Å². The normalized spacial score (nSPS) is 11.0. The van der Waals surface area contributed by atoms with Gasteiger partial charge in [-0.3, -0.25) is 4.79 Å². The van der Waals surface area contributed by atoms with Gasteiger partial charge < -0.3 is 9.47 Å². The Balaban J connectivity index is 2.36. The van der Waals surface area contributed by atoms with E-state index in [-0.39, 0.29) is 16.3 Å². The second-order valence-corrected chi connectivity index (χ2v) is 6.92. The number of carbonyl (C=O) groups is 1. The van der Waals surface area contributed by atoms with E-state index >= 15 is 0 Å². The van der Waals surface area contributed by atoms with Crippen LogP contribution in [0.2, 0.25) is 0 Å². The molecule has 0 radical (unpaired) electrons. The fourth-order valence-corrected chi connectivity index (χ4v) is 3.43. The predicted octanol–water partition coefficient (Wildman–Crippen LogP) is 1.59. The molecule has 9 heteroatoms. The summed E-state index contributed by atoms with van der Waals surface area (Å²) >= 11 is 1.26. The summed E-state index contributed by atoms with van der Waals surface area (Å²) in [7, 11) is -1.36. The highest BCUT2D eigenvalue weighted by Crippen LogP contribution is 2.28. The molecule has 0 aliphatic rings. The van der Waals surface area contributed by atoms with Gasteiger partial charge in [0, 0.05) is 11.4 Å². The quantitative estimate of drug-likeness (QED) is 0.887. The van der Waals surface area contributed by atoms with Gasteiger partial charge in [-0.05, 0) is 19.1 Å². The molecule has 1 amide bonds. The number of sulfonamides is 1. The summed E-state index contributed by atoms with van der Waals surface area (Å²) < 4.78 is 36.7. The van der Waals surface area contributed by atoms with Crippen LogP contribution in [0.15, 0.2) is 28.5 Å². The highest BCUT2D eigenvalue weighted by atomic mass is 32.2. The van der Waals surface area contributed by atoms with Crippen LogP contribution in [0.25, 0.3) is 0 Å². The molecule has 1 aromatic carbocycles. The maximum atomic E-state index is 12.4. The van der Waals surface area contributed by atoms with Crippen molar-refractivity contribution in [2.24, 2.45) is 0 Å². The predicted molar refractivity (Wildman–Crippen MR) is 81.0 cm³/mol. The molecule has 118 valence electrons. The van der Waals surface area contributed by atoms with Crippen molar-refractivity contribution in [3.63, 3.8) is 0 Å². The van der Waals surface area contributed by atoms with E-state index in [2.05, 4.69) is 4.98 Å². The molecular weight excluding hydrogens is 328 g/mol. The molecule has 2 rings (SSSR count). The van der Waals surface area contributed by atoms with Gasteiger partial charge in [-0.15, -0.1) is 11.3 Å². The molecule has 1 N–H and O–H groups in total. The standard InChI is InChI=1S/C13H14N2O5S2/c1-8-14-10(7-21-8)13(16)15-22(17,18)12-6-9(19-2)4-5-11(12)20-3/h4-7H,1-3H3,(H,15,16). The van der Waals surface area contributed by atoms with Crippen LogP contribution in [0.4, 0.5) is 0 Å². The van der Waals surface area contributed by atoms with Crippen molar-refractivity contribution < 1.29 is 22.7 Å². The van der Waals surface area contributed by atoms with Gasteiger partial charge in [-0.2, -0.15) is 0 Å². The molecule has 22 heavy (non-hydrogen) atoms. The van der Waals surface area contributed by atoms with E-state index in [1.165, 1.54) is 43.1 Å². The number of hydrogen-bond donors (Lipinski definition) is 1. The molecule has 7 nitrogen and oxygen atoms in total. The van der Waals surface area contributed by atoms with Crippen molar-refractivity contribution in [2.45, 2.75) is 11.8 Å². The third kappa shape index (κ3) is 3.37. The average Bonchev–Trinajstić information content (AvgIpc) is 2.93. The molecule has 1 heterocycles. The van der Waals surface area contributed by atoms with Gasteiger partial charge in [0.05, 0.1) is 19.2 Å². The van der Waals surface area contributed by atoms with Crippen LogP contribution in [0.1, 0.15) is 15.5 Å². The molecule has 0 fully saturated rings. The Morgan fingerprint density at radius 1 is 1.27 bits per heavy atom. The summed E-state index contributed by atoms with van der Waals surface area (Å²) in [6.45, 7) is 1.72. The molecule has 0 aliphatic carbocycles. The van der Waals surface area contributed by atoms with Crippen LogP contribution >= 0.6 is 11.3 Å². The summed E-state index contributed by atoms with van der Waals surface area (Å²) in [6, 6.07) is 4.29. The molecule has 0 bridgehead atoms. The van der Waals surface area contributed by atoms with Gasteiger partial charge in [0.15, 0.2) is 0 Å². The fourth-order valence-electron chi connectivity index (χ4n) is 1.69. The number of nitrogens with zero attached hydrogens (tertiary/aromatic N) is 1. The van der Waals surface area contributed by atoms with Crippen molar-refractivity contribution in [1.82, 2.24) is 9.71 Å². The van der Waals surface area contributed by atoms with Crippen molar-refractivity contribution >= 4 is 27.3 Å². The Bertz CT molecular complexity index is 799. The van der Waals surface area contributed by atoms with Crippen molar-refractivity contribution in [1.29, 1.82) is 0 Å². The Morgan fingerprint density at radius 3 is 2.55 bits per heavy atom. The minimum Gasteiger partial charge on any atom is -0.497 e. The van der Waals surface area contributed by atoms with E-state index in [1.54, 1.807) is 13.0 Å². The van der Waals surface area contributed by atoms with Gasteiger partial charge in [0.1, 0.15) is 22.1 Å². The second-order valence-electron chi connectivity index (χ2n) is 4.20. The summed E-state index contributed by atoms with van der Waals surface area (Å²) in [5.74, 6) is -0.358. The highest BCUT2D eigenvalue weighted by molar-refractivity contribution is 7.90. The Kier molecular flexibility index (Phi) is 4.67. The number of thiazole rings is 1. The summed E-state index contributed by atoms with van der Waals surface area (Å²) in [6.07, 6.45) is 0. The van der Waals surface area contributed by atoms with E-state index in [0.29, 0.717) is 10.8 Å². The molecular formula is C13H14N2O5S2. The van der Waals surface area contributed by atoms with E-state index < -0.39 is 15.9 Å². The first-order valence-electron chi connectivity index (χ1n) is 6.08. The van der Waals surface area contributed by atoms with Crippen LogP contribution in [0, 0.1) is 6.92 Å². The smallest absolute Gasteiger partial charge is 0.284 e. The summed E-state index contributed by atoms with van der Waals surface area (Å²) in [4.78, 5) is 15.7. The lowest BCUT2D eigenvalue weighted by Gasteiger charge is -2.11. The minimum absolute atomic E-state index is 0.0490. The molecule has 1 aromatic heterocycles. The number of rotatable bonds is 5. The van der Waals surface area contributed by atoms with Crippen molar-refractivity contribution in [2.75, 3.05) is 14.2 Å². The van der Waals surface area contributed by atoms with Crippen LogP contribution in [0.3, 0.4) is 0 Å². The first kappa shape index (κ1) is 16.2. The average molecular weight is 342 g/mol. The first-order valence-corrected chi connectivity index (χ1v) is 8.45. The highest BCUT2D eigenvalue weighted by Gasteiger charge is 2.24. The Labute approximate surface area is 132 Å². The van der Waals surface area contributed by atoms with Gasteiger partial charge in [-0.25, -0.2) is 18.1 Å². The topological polar surface area (TPSA) is 94.6 Å². The fraction of sp³-hybridized carbons (Fsp3) is 0.231. The zero-order valence-corrected chi connectivity index (χ0v) is 13.7. The Morgan fingerprint density at radius 2 is 2.00 bits per heavy atom. The van der Waals surface area contributed by atoms with Gasteiger partial charge in [-0.1, -0.05) is 0 Å². The minimum atomic E-state index is -4.11. The second kappa shape index (κ2) is 6.32. The number of carbonyl (C=O) groups excluding carboxylic acids is 1. The lowest BCUT2D eigenvalue weighted by atomic mass is 10.3. The first-order chi connectivity index (χ1) is 10.4.